The van der Waals surface area contributed by atoms with E-state index in [1.54, 1.807) is 18.2 Å². The Balaban J connectivity index is 1.45. The molecule has 170 valence electrons. The summed E-state index contributed by atoms with van der Waals surface area (Å²) in [5, 5.41) is 24.8. The smallest absolute Gasteiger partial charge is 0.139 e. The molecule has 6 rings (SSSR count). The van der Waals surface area contributed by atoms with Crippen molar-refractivity contribution in [3.05, 3.63) is 121 Å². The van der Waals surface area contributed by atoms with E-state index in [9.17, 15) is 10.4 Å². The van der Waals surface area contributed by atoms with Crippen LogP contribution in [0.5, 0.6) is 5.75 Å². The SMILES string of the molecule is N#Cc1cccc(-c2cc(-c3ccc(-c4cc5ccccc5c5ccccc45)cc3)cc(O)c2N)c1. The number of nitriles is 1. The summed E-state index contributed by atoms with van der Waals surface area (Å²) >= 11 is 0. The molecule has 3 nitrogen and oxygen atoms in total. The summed E-state index contributed by atoms with van der Waals surface area (Å²) < 4.78 is 0. The molecule has 0 saturated heterocycles. The van der Waals surface area contributed by atoms with Crippen molar-refractivity contribution < 1.29 is 5.11 Å². The van der Waals surface area contributed by atoms with Gasteiger partial charge >= 0.3 is 0 Å². The highest BCUT2D eigenvalue weighted by molar-refractivity contribution is 6.13. The van der Waals surface area contributed by atoms with Crippen LogP contribution >= 0.6 is 0 Å². The summed E-state index contributed by atoms with van der Waals surface area (Å²) in [5.74, 6) is 0.0226. The van der Waals surface area contributed by atoms with Crippen LogP contribution in [0, 0.1) is 11.3 Å². The van der Waals surface area contributed by atoms with Gasteiger partial charge in [-0.3, -0.25) is 0 Å². The molecule has 0 aliphatic heterocycles. The number of hydrogen-bond donors (Lipinski definition) is 2. The molecule has 0 aliphatic rings. The molecule has 6 aromatic carbocycles. The average Bonchev–Trinajstić information content (AvgIpc) is 2.94. The molecule has 0 unspecified atom stereocenters. The molecule has 0 spiro atoms. The Bertz CT molecular complexity index is 1810. The van der Waals surface area contributed by atoms with Gasteiger partial charge in [-0.15, -0.1) is 0 Å². The number of phenols is 1. The van der Waals surface area contributed by atoms with E-state index in [0.29, 0.717) is 16.8 Å². The second kappa shape index (κ2) is 8.61. The first-order valence-corrected chi connectivity index (χ1v) is 11.8. The van der Waals surface area contributed by atoms with Crippen LogP contribution < -0.4 is 5.73 Å². The van der Waals surface area contributed by atoms with Crippen molar-refractivity contribution in [1.29, 1.82) is 5.26 Å². The van der Waals surface area contributed by atoms with Crippen molar-refractivity contribution >= 4 is 27.2 Å². The van der Waals surface area contributed by atoms with Crippen LogP contribution in [0.4, 0.5) is 5.69 Å². The number of rotatable bonds is 3. The molecule has 0 aliphatic carbocycles. The van der Waals surface area contributed by atoms with Gasteiger partial charge in [-0.2, -0.15) is 5.26 Å². The molecular formula is C33H22N2O. The van der Waals surface area contributed by atoms with Crippen molar-refractivity contribution in [3.8, 4) is 45.2 Å². The Morgan fingerprint density at radius 3 is 2.03 bits per heavy atom. The number of nitrogens with two attached hydrogens (primary N) is 1. The third-order valence-corrected chi connectivity index (χ3v) is 6.76. The fourth-order valence-corrected chi connectivity index (χ4v) is 4.94. The van der Waals surface area contributed by atoms with E-state index >= 15 is 0 Å². The lowest BCUT2D eigenvalue weighted by Gasteiger charge is -2.13. The zero-order chi connectivity index (χ0) is 24.6. The minimum atomic E-state index is 0.0226. The number of phenolic OH excluding ortho intramolecular Hbond substituents is 1. The minimum absolute atomic E-state index is 0.0226. The van der Waals surface area contributed by atoms with Gasteiger partial charge in [0.05, 0.1) is 17.3 Å². The predicted octanol–water partition coefficient (Wildman–Crippen LogP) is 8.15. The van der Waals surface area contributed by atoms with Crippen LogP contribution in [-0.2, 0) is 0 Å². The Morgan fingerprint density at radius 2 is 1.25 bits per heavy atom. The van der Waals surface area contributed by atoms with Crippen molar-refractivity contribution in [3.63, 3.8) is 0 Å². The molecule has 3 heteroatoms. The summed E-state index contributed by atoms with van der Waals surface area (Å²) in [7, 11) is 0. The summed E-state index contributed by atoms with van der Waals surface area (Å²) in [6.07, 6.45) is 0. The molecule has 0 atom stereocenters. The minimum Gasteiger partial charge on any atom is -0.506 e. The lowest BCUT2D eigenvalue weighted by atomic mass is 9.91. The van der Waals surface area contributed by atoms with Gasteiger partial charge in [0.15, 0.2) is 0 Å². The Kier molecular flexibility index (Phi) is 5.13. The first-order valence-electron chi connectivity index (χ1n) is 11.8. The standard InChI is InChI=1S/C33H22N2O/c34-20-21-6-5-8-24(16-21)31-18-26(19-32(36)33(31)35)22-12-14-23(15-13-22)30-17-25-7-1-2-9-27(25)28-10-3-4-11-29(28)30/h1-19,36H,35H2. The Labute approximate surface area is 209 Å². The highest BCUT2D eigenvalue weighted by Crippen LogP contribution is 2.39. The first kappa shape index (κ1) is 21.5. The van der Waals surface area contributed by atoms with Crippen LogP contribution in [0.2, 0.25) is 0 Å². The molecule has 0 fully saturated rings. The van der Waals surface area contributed by atoms with Crippen molar-refractivity contribution in [2.45, 2.75) is 0 Å². The Morgan fingerprint density at radius 1 is 0.556 bits per heavy atom. The predicted molar refractivity (Wildman–Crippen MR) is 149 cm³/mol. The summed E-state index contributed by atoms with van der Waals surface area (Å²) in [6, 6.07) is 40.7. The topological polar surface area (TPSA) is 70.0 Å². The first-order chi connectivity index (χ1) is 17.6. The average molecular weight is 463 g/mol. The fraction of sp³-hybridized carbons (Fsp3) is 0. The molecular weight excluding hydrogens is 440 g/mol. The number of fused-ring (bicyclic) bond motifs is 3. The molecule has 0 heterocycles. The molecule has 0 amide bonds. The number of nitrogens with zero attached hydrogens (tertiary/aromatic N) is 1. The molecule has 0 saturated carbocycles. The zero-order valence-corrected chi connectivity index (χ0v) is 19.4. The maximum absolute atomic E-state index is 10.6. The van der Waals surface area contributed by atoms with E-state index in [0.717, 1.165) is 22.3 Å². The highest BCUT2D eigenvalue weighted by Gasteiger charge is 2.13. The molecule has 36 heavy (non-hydrogen) atoms. The van der Waals surface area contributed by atoms with Gasteiger partial charge in [0.2, 0.25) is 0 Å². The van der Waals surface area contributed by atoms with Crippen molar-refractivity contribution in [1.82, 2.24) is 0 Å². The van der Waals surface area contributed by atoms with Gasteiger partial charge in [0.1, 0.15) is 5.75 Å². The fourth-order valence-electron chi connectivity index (χ4n) is 4.94. The number of anilines is 1. The van der Waals surface area contributed by atoms with Crippen LogP contribution in [0.25, 0.3) is 54.9 Å². The molecule has 0 bridgehead atoms. The Hall–Kier alpha value is -5.07. The van der Waals surface area contributed by atoms with Crippen molar-refractivity contribution in [2.75, 3.05) is 5.73 Å². The van der Waals surface area contributed by atoms with Crippen LogP contribution in [-0.4, -0.2) is 5.11 Å². The number of nitrogen functional groups attached to an aromatic ring is 1. The maximum Gasteiger partial charge on any atom is 0.139 e. The second-order valence-electron chi connectivity index (χ2n) is 8.92. The molecule has 6 aromatic rings. The van der Waals surface area contributed by atoms with Crippen LogP contribution in [0.1, 0.15) is 5.56 Å². The van der Waals surface area contributed by atoms with Gasteiger partial charge < -0.3 is 10.8 Å². The molecule has 0 radical (unpaired) electrons. The summed E-state index contributed by atoms with van der Waals surface area (Å²) in [6.45, 7) is 0. The monoisotopic (exact) mass is 462 g/mol. The normalized spacial score (nSPS) is 11.0. The van der Waals surface area contributed by atoms with E-state index in [1.807, 2.05) is 18.2 Å². The highest BCUT2D eigenvalue weighted by atomic mass is 16.3. The van der Waals surface area contributed by atoms with Crippen LogP contribution in [0.3, 0.4) is 0 Å². The zero-order valence-electron chi connectivity index (χ0n) is 19.4. The van der Waals surface area contributed by atoms with Crippen LogP contribution in [0.15, 0.2) is 115 Å². The van der Waals surface area contributed by atoms with Gasteiger partial charge in [-0.05, 0) is 79.7 Å². The van der Waals surface area contributed by atoms with Crippen molar-refractivity contribution in [2.24, 2.45) is 0 Å². The quantitative estimate of drug-likeness (QED) is 0.158. The summed E-state index contributed by atoms with van der Waals surface area (Å²) in [4.78, 5) is 0. The van der Waals surface area contributed by atoms with E-state index < -0.39 is 0 Å². The van der Waals surface area contributed by atoms with Gasteiger partial charge in [0.25, 0.3) is 0 Å². The third kappa shape index (κ3) is 3.62. The molecule has 3 N–H and O–H groups in total. The van der Waals surface area contributed by atoms with E-state index in [1.165, 1.54) is 27.1 Å². The second-order valence-corrected chi connectivity index (χ2v) is 8.92. The van der Waals surface area contributed by atoms with Gasteiger partial charge in [0, 0.05) is 5.56 Å². The third-order valence-electron chi connectivity index (χ3n) is 6.76. The molecule has 0 aromatic heterocycles. The van der Waals surface area contributed by atoms with Gasteiger partial charge in [-0.25, -0.2) is 0 Å². The largest absolute Gasteiger partial charge is 0.506 e. The number of aromatic hydroxyl groups is 1. The summed E-state index contributed by atoms with van der Waals surface area (Å²) in [5.41, 5.74) is 12.7. The van der Waals surface area contributed by atoms with Gasteiger partial charge in [-0.1, -0.05) is 84.9 Å². The lowest BCUT2D eigenvalue weighted by molar-refractivity contribution is 0.478. The maximum atomic E-state index is 10.6. The lowest BCUT2D eigenvalue weighted by Crippen LogP contribution is -1.93. The number of hydrogen-bond acceptors (Lipinski definition) is 3. The number of benzene rings is 6. The van der Waals surface area contributed by atoms with E-state index in [2.05, 4.69) is 84.9 Å². The van der Waals surface area contributed by atoms with E-state index in [4.69, 9.17) is 5.73 Å². The van der Waals surface area contributed by atoms with E-state index in [-0.39, 0.29) is 5.75 Å².